The number of benzene rings is 2. The third kappa shape index (κ3) is 4.63. The molecule has 1 N–H and O–H groups in total. The van der Waals surface area contributed by atoms with Gasteiger partial charge in [-0.25, -0.2) is 4.79 Å². The average molecular weight is 367 g/mol. The molecule has 7 heteroatoms. The van der Waals surface area contributed by atoms with Crippen LogP contribution in [-0.4, -0.2) is 37.8 Å². The van der Waals surface area contributed by atoms with Gasteiger partial charge in [-0.3, -0.25) is 9.80 Å². The molecule has 1 aliphatic rings. The van der Waals surface area contributed by atoms with Gasteiger partial charge in [0.15, 0.2) is 6.61 Å². The number of para-hydroxylation sites is 2. The van der Waals surface area contributed by atoms with E-state index in [1.807, 2.05) is 24.1 Å². The number of esters is 1. The van der Waals surface area contributed by atoms with Crippen LogP contribution in [0.15, 0.2) is 53.6 Å². The second kappa shape index (κ2) is 8.35. The van der Waals surface area contributed by atoms with Crippen molar-refractivity contribution in [2.45, 2.75) is 13.3 Å². The van der Waals surface area contributed by atoms with Gasteiger partial charge in [0.25, 0.3) is 5.91 Å². The summed E-state index contributed by atoms with van der Waals surface area (Å²) in [6.07, 6.45) is 0.936. The van der Waals surface area contributed by atoms with Crippen LogP contribution in [0.3, 0.4) is 0 Å². The fourth-order valence-corrected chi connectivity index (χ4v) is 2.68. The quantitative estimate of drug-likeness (QED) is 0.794. The zero-order valence-corrected chi connectivity index (χ0v) is 15.3. The summed E-state index contributed by atoms with van der Waals surface area (Å²) in [5.41, 5.74) is 2.90. The van der Waals surface area contributed by atoms with Crippen LogP contribution in [-0.2, 0) is 9.53 Å². The minimum Gasteiger partial charge on any atom is -0.495 e. The summed E-state index contributed by atoms with van der Waals surface area (Å²) in [5.74, 6) is -0.461. The Morgan fingerprint density at radius 1 is 1.15 bits per heavy atom. The van der Waals surface area contributed by atoms with Gasteiger partial charge in [0.05, 0.1) is 24.0 Å². The molecule has 0 saturated heterocycles. The van der Waals surface area contributed by atoms with E-state index in [2.05, 4.69) is 10.4 Å². The van der Waals surface area contributed by atoms with Crippen LogP contribution in [0.25, 0.3) is 0 Å². The van der Waals surface area contributed by atoms with E-state index in [0.717, 1.165) is 24.4 Å². The fraction of sp³-hybridized carbons (Fsp3) is 0.250. The number of carbonyl (C=O) groups is 2. The first-order valence-corrected chi connectivity index (χ1v) is 8.58. The molecule has 0 fully saturated rings. The van der Waals surface area contributed by atoms with Crippen molar-refractivity contribution in [3.63, 3.8) is 0 Å². The number of rotatable bonds is 6. The van der Waals surface area contributed by atoms with E-state index < -0.39 is 11.9 Å². The van der Waals surface area contributed by atoms with Gasteiger partial charge in [-0.05, 0) is 43.3 Å². The van der Waals surface area contributed by atoms with Gasteiger partial charge >= 0.3 is 5.97 Å². The molecule has 2 aromatic rings. The highest BCUT2D eigenvalue weighted by atomic mass is 16.5. The Morgan fingerprint density at radius 2 is 1.89 bits per heavy atom. The second-order valence-corrected chi connectivity index (χ2v) is 6.08. The first kappa shape index (κ1) is 18.4. The van der Waals surface area contributed by atoms with Gasteiger partial charge in [-0.2, -0.15) is 5.10 Å². The Hall–Kier alpha value is -3.35. The highest BCUT2D eigenvalue weighted by molar-refractivity contribution is 5.96. The van der Waals surface area contributed by atoms with Crippen molar-refractivity contribution >= 4 is 29.0 Å². The summed E-state index contributed by atoms with van der Waals surface area (Å²) in [4.78, 5) is 24.2. The number of hydrogen-bond donors (Lipinski definition) is 1. The van der Waals surface area contributed by atoms with E-state index >= 15 is 0 Å². The molecule has 0 atom stereocenters. The maximum atomic E-state index is 12.1. The van der Waals surface area contributed by atoms with Crippen molar-refractivity contribution in [2.24, 2.45) is 5.10 Å². The predicted molar refractivity (Wildman–Crippen MR) is 103 cm³/mol. The molecule has 0 aromatic heterocycles. The topological polar surface area (TPSA) is 80.2 Å². The number of anilines is 2. The molecule has 0 aliphatic carbocycles. The lowest BCUT2D eigenvalue weighted by Gasteiger charge is -2.14. The van der Waals surface area contributed by atoms with E-state index in [0.29, 0.717) is 17.0 Å². The average Bonchev–Trinajstić information content (AvgIpc) is 3.13. The summed E-state index contributed by atoms with van der Waals surface area (Å²) >= 11 is 0. The van der Waals surface area contributed by atoms with Gasteiger partial charge in [-0.15, -0.1) is 0 Å². The van der Waals surface area contributed by atoms with Crippen LogP contribution in [0.2, 0.25) is 0 Å². The number of nitrogens with zero attached hydrogens (tertiary/aromatic N) is 2. The Bertz CT molecular complexity index is 862. The standard InChI is InChI=1S/C20H21N3O4/c1-14-11-12-23(22-14)16-9-7-15(8-10-16)20(25)27-13-19(24)21-17-5-3-4-6-18(17)26-2/h3-10H,11-13H2,1-2H3,(H,21,24). The van der Waals surface area contributed by atoms with Crippen molar-refractivity contribution < 1.29 is 19.1 Å². The number of carbonyl (C=O) groups excluding carboxylic acids is 2. The van der Waals surface area contributed by atoms with E-state index in [4.69, 9.17) is 9.47 Å². The van der Waals surface area contributed by atoms with Crippen LogP contribution in [0, 0.1) is 0 Å². The van der Waals surface area contributed by atoms with E-state index in [-0.39, 0.29) is 6.61 Å². The van der Waals surface area contributed by atoms with E-state index in [1.54, 1.807) is 36.4 Å². The third-order valence-electron chi connectivity index (χ3n) is 4.09. The minimum absolute atomic E-state index is 0.378. The molecular formula is C20H21N3O4. The lowest BCUT2D eigenvalue weighted by atomic mass is 10.2. The van der Waals surface area contributed by atoms with Crippen molar-refractivity contribution in [3.8, 4) is 5.75 Å². The summed E-state index contributed by atoms with van der Waals surface area (Å²) in [7, 11) is 1.52. The van der Waals surface area contributed by atoms with Crippen LogP contribution in [0.4, 0.5) is 11.4 Å². The molecule has 0 radical (unpaired) electrons. The van der Waals surface area contributed by atoms with Crippen molar-refractivity contribution in [1.82, 2.24) is 0 Å². The number of hydrogen-bond acceptors (Lipinski definition) is 6. The third-order valence-corrected chi connectivity index (χ3v) is 4.09. The molecule has 1 amide bonds. The number of amides is 1. The van der Waals surface area contributed by atoms with Gasteiger partial charge in [0.1, 0.15) is 5.75 Å². The first-order valence-electron chi connectivity index (χ1n) is 8.58. The molecule has 0 saturated carbocycles. The molecule has 1 heterocycles. The van der Waals surface area contributed by atoms with Gasteiger partial charge in [-0.1, -0.05) is 12.1 Å². The Morgan fingerprint density at radius 3 is 2.56 bits per heavy atom. The number of nitrogens with one attached hydrogen (secondary N) is 1. The molecule has 0 bridgehead atoms. The fourth-order valence-electron chi connectivity index (χ4n) is 2.68. The summed E-state index contributed by atoms with van der Waals surface area (Å²) in [6, 6.07) is 14.0. The van der Waals surface area contributed by atoms with E-state index in [1.165, 1.54) is 7.11 Å². The van der Waals surface area contributed by atoms with Crippen molar-refractivity contribution in [2.75, 3.05) is 30.6 Å². The number of ether oxygens (including phenoxy) is 2. The molecule has 3 rings (SSSR count). The Kier molecular flexibility index (Phi) is 5.71. The smallest absolute Gasteiger partial charge is 0.338 e. The number of hydrazone groups is 1. The molecule has 2 aromatic carbocycles. The molecule has 0 unspecified atom stereocenters. The molecule has 0 spiro atoms. The van der Waals surface area contributed by atoms with Gasteiger partial charge < -0.3 is 14.8 Å². The van der Waals surface area contributed by atoms with Crippen LogP contribution in [0.5, 0.6) is 5.75 Å². The minimum atomic E-state index is -0.558. The van der Waals surface area contributed by atoms with Crippen molar-refractivity contribution in [1.29, 1.82) is 0 Å². The maximum absolute atomic E-state index is 12.1. The molecule has 1 aliphatic heterocycles. The maximum Gasteiger partial charge on any atom is 0.338 e. The van der Waals surface area contributed by atoms with Crippen molar-refractivity contribution in [3.05, 3.63) is 54.1 Å². The summed E-state index contributed by atoms with van der Waals surface area (Å²) in [5, 5.41) is 8.97. The predicted octanol–water partition coefficient (Wildman–Crippen LogP) is 3.08. The largest absolute Gasteiger partial charge is 0.495 e. The molecular weight excluding hydrogens is 346 g/mol. The highest BCUT2D eigenvalue weighted by Crippen LogP contribution is 2.23. The Balaban J connectivity index is 1.53. The lowest BCUT2D eigenvalue weighted by molar-refractivity contribution is -0.119. The monoisotopic (exact) mass is 367 g/mol. The normalized spacial score (nSPS) is 13.1. The summed E-state index contributed by atoms with van der Waals surface area (Å²) in [6.45, 7) is 2.44. The van der Waals surface area contributed by atoms with E-state index in [9.17, 15) is 9.59 Å². The molecule has 7 nitrogen and oxygen atoms in total. The van der Waals surface area contributed by atoms with Gasteiger partial charge in [0.2, 0.25) is 0 Å². The van der Waals surface area contributed by atoms with Gasteiger partial charge in [0, 0.05) is 18.7 Å². The summed E-state index contributed by atoms with van der Waals surface area (Å²) < 4.78 is 10.3. The molecule has 140 valence electrons. The number of methoxy groups -OCH3 is 1. The molecule has 27 heavy (non-hydrogen) atoms. The van der Waals surface area contributed by atoms with Crippen LogP contribution >= 0.6 is 0 Å². The SMILES string of the molecule is COc1ccccc1NC(=O)COC(=O)c1ccc(N2CCC(C)=N2)cc1. The van der Waals surface area contributed by atoms with Crippen LogP contribution in [0.1, 0.15) is 23.7 Å². The Labute approximate surface area is 157 Å². The lowest BCUT2D eigenvalue weighted by Crippen LogP contribution is -2.21. The second-order valence-electron chi connectivity index (χ2n) is 6.08. The zero-order valence-electron chi connectivity index (χ0n) is 15.3. The van der Waals surface area contributed by atoms with Crippen LogP contribution < -0.4 is 15.1 Å². The first-order chi connectivity index (χ1) is 13.1. The zero-order chi connectivity index (χ0) is 19.2. The highest BCUT2D eigenvalue weighted by Gasteiger charge is 2.15.